The predicted molar refractivity (Wildman–Crippen MR) is 77.8 cm³/mol. The Balaban J connectivity index is 2.18. The van der Waals surface area contributed by atoms with Gasteiger partial charge in [-0.2, -0.15) is 0 Å². The summed E-state index contributed by atoms with van der Waals surface area (Å²) < 4.78 is 5.87. The molecule has 0 bridgehead atoms. The standard InChI is InChI=1S/C15H32N2O/c1-4-11-18-14-7-5-9-17(12-14)10-6-8-15(2,3)13-16/h14H,4-13,16H2,1-3H3. The Morgan fingerprint density at radius 1 is 1.39 bits per heavy atom. The molecule has 0 amide bonds. The summed E-state index contributed by atoms with van der Waals surface area (Å²) >= 11 is 0. The maximum absolute atomic E-state index is 5.87. The summed E-state index contributed by atoms with van der Waals surface area (Å²) in [5, 5.41) is 0. The summed E-state index contributed by atoms with van der Waals surface area (Å²) in [6, 6.07) is 0. The van der Waals surface area contributed by atoms with Gasteiger partial charge in [0, 0.05) is 13.2 Å². The van der Waals surface area contributed by atoms with Gasteiger partial charge in [-0.1, -0.05) is 20.8 Å². The van der Waals surface area contributed by atoms with Gasteiger partial charge in [-0.25, -0.2) is 0 Å². The molecule has 1 saturated heterocycles. The van der Waals surface area contributed by atoms with E-state index in [1.54, 1.807) is 0 Å². The summed E-state index contributed by atoms with van der Waals surface area (Å²) in [5.74, 6) is 0. The zero-order valence-corrected chi connectivity index (χ0v) is 12.6. The third kappa shape index (κ3) is 6.17. The van der Waals surface area contributed by atoms with Crippen molar-refractivity contribution in [3.05, 3.63) is 0 Å². The van der Waals surface area contributed by atoms with Crippen molar-refractivity contribution in [2.75, 3.05) is 32.8 Å². The van der Waals surface area contributed by atoms with Gasteiger partial charge in [0.1, 0.15) is 0 Å². The van der Waals surface area contributed by atoms with Gasteiger partial charge in [0.25, 0.3) is 0 Å². The maximum atomic E-state index is 5.87. The first-order chi connectivity index (χ1) is 8.57. The zero-order valence-electron chi connectivity index (χ0n) is 12.6. The van der Waals surface area contributed by atoms with E-state index in [0.717, 1.165) is 26.1 Å². The molecule has 108 valence electrons. The van der Waals surface area contributed by atoms with Crippen LogP contribution in [-0.2, 0) is 4.74 Å². The van der Waals surface area contributed by atoms with E-state index in [9.17, 15) is 0 Å². The Kier molecular flexibility index (Phi) is 7.20. The van der Waals surface area contributed by atoms with Crippen LogP contribution in [-0.4, -0.2) is 43.8 Å². The third-order valence-corrected chi connectivity index (χ3v) is 3.90. The normalized spacial score (nSPS) is 22.3. The molecule has 2 N–H and O–H groups in total. The van der Waals surface area contributed by atoms with E-state index in [0.29, 0.717) is 11.5 Å². The predicted octanol–water partition coefficient (Wildman–Crippen LogP) is 2.64. The number of nitrogens with two attached hydrogens (primary N) is 1. The average Bonchev–Trinajstić information content (AvgIpc) is 2.37. The second-order valence-corrected chi connectivity index (χ2v) is 6.41. The highest BCUT2D eigenvalue weighted by atomic mass is 16.5. The van der Waals surface area contributed by atoms with E-state index >= 15 is 0 Å². The summed E-state index contributed by atoms with van der Waals surface area (Å²) in [6.07, 6.45) is 6.60. The SMILES string of the molecule is CCCOC1CCCN(CCCC(C)(C)CN)C1. The van der Waals surface area contributed by atoms with E-state index in [1.165, 1.54) is 38.8 Å². The lowest BCUT2D eigenvalue weighted by Gasteiger charge is -2.33. The molecule has 1 atom stereocenters. The molecule has 3 heteroatoms. The number of ether oxygens (including phenoxy) is 1. The zero-order chi connectivity index (χ0) is 13.4. The smallest absolute Gasteiger partial charge is 0.0702 e. The van der Waals surface area contributed by atoms with Crippen molar-refractivity contribution >= 4 is 0 Å². The first-order valence-electron chi connectivity index (χ1n) is 7.61. The minimum atomic E-state index is 0.300. The summed E-state index contributed by atoms with van der Waals surface area (Å²) in [6.45, 7) is 12.0. The van der Waals surface area contributed by atoms with Crippen molar-refractivity contribution in [1.82, 2.24) is 4.90 Å². The lowest BCUT2D eigenvalue weighted by molar-refractivity contribution is -0.000856. The number of rotatable bonds is 8. The summed E-state index contributed by atoms with van der Waals surface area (Å²) in [7, 11) is 0. The van der Waals surface area contributed by atoms with Crippen molar-refractivity contribution < 1.29 is 4.74 Å². The molecule has 0 aromatic carbocycles. The molecular weight excluding hydrogens is 224 g/mol. The summed E-state index contributed by atoms with van der Waals surface area (Å²) in [5.41, 5.74) is 6.07. The van der Waals surface area contributed by atoms with Crippen LogP contribution in [0.25, 0.3) is 0 Å². The highest BCUT2D eigenvalue weighted by molar-refractivity contribution is 4.75. The first-order valence-corrected chi connectivity index (χ1v) is 7.61. The topological polar surface area (TPSA) is 38.5 Å². The number of nitrogens with zero attached hydrogens (tertiary/aromatic N) is 1. The monoisotopic (exact) mass is 256 g/mol. The molecular formula is C15H32N2O. The third-order valence-electron chi connectivity index (χ3n) is 3.90. The Bertz CT molecular complexity index is 219. The lowest BCUT2D eigenvalue weighted by Crippen LogP contribution is -2.40. The minimum absolute atomic E-state index is 0.300. The van der Waals surface area contributed by atoms with Crippen molar-refractivity contribution in [3.63, 3.8) is 0 Å². The van der Waals surface area contributed by atoms with Crippen LogP contribution in [0, 0.1) is 5.41 Å². The molecule has 0 saturated carbocycles. The molecule has 1 rings (SSSR count). The molecule has 0 aliphatic carbocycles. The quantitative estimate of drug-likeness (QED) is 0.725. The molecule has 0 spiro atoms. The fraction of sp³-hybridized carbons (Fsp3) is 1.00. The fourth-order valence-corrected chi connectivity index (χ4v) is 2.52. The molecule has 1 aliphatic heterocycles. The molecule has 0 aromatic rings. The first kappa shape index (κ1) is 15.9. The Morgan fingerprint density at radius 3 is 2.83 bits per heavy atom. The van der Waals surface area contributed by atoms with Gasteiger partial charge in [0.15, 0.2) is 0 Å². The van der Waals surface area contributed by atoms with Crippen LogP contribution >= 0.6 is 0 Å². The lowest BCUT2D eigenvalue weighted by atomic mass is 9.88. The van der Waals surface area contributed by atoms with Crippen molar-refractivity contribution in [2.24, 2.45) is 11.1 Å². The molecule has 1 unspecified atom stereocenters. The van der Waals surface area contributed by atoms with Gasteiger partial charge in [0.2, 0.25) is 0 Å². The van der Waals surface area contributed by atoms with Crippen LogP contribution in [0.15, 0.2) is 0 Å². The molecule has 1 aliphatic rings. The second-order valence-electron chi connectivity index (χ2n) is 6.41. The Morgan fingerprint density at radius 2 is 2.17 bits per heavy atom. The molecule has 0 radical (unpaired) electrons. The highest BCUT2D eigenvalue weighted by Gasteiger charge is 2.21. The van der Waals surface area contributed by atoms with Crippen LogP contribution < -0.4 is 5.73 Å². The van der Waals surface area contributed by atoms with E-state index in [1.807, 2.05) is 0 Å². The van der Waals surface area contributed by atoms with E-state index < -0.39 is 0 Å². The summed E-state index contributed by atoms with van der Waals surface area (Å²) in [4.78, 5) is 2.57. The molecule has 0 aromatic heterocycles. The van der Waals surface area contributed by atoms with Crippen molar-refractivity contribution in [2.45, 2.75) is 59.0 Å². The van der Waals surface area contributed by atoms with Crippen molar-refractivity contribution in [3.8, 4) is 0 Å². The fourth-order valence-electron chi connectivity index (χ4n) is 2.52. The second kappa shape index (κ2) is 8.13. The molecule has 18 heavy (non-hydrogen) atoms. The number of hydrogen-bond donors (Lipinski definition) is 1. The van der Waals surface area contributed by atoms with E-state index in [-0.39, 0.29) is 0 Å². The van der Waals surface area contributed by atoms with Crippen molar-refractivity contribution in [1.29, 1.82) is 0 Å². The van der Waals surface area contributed by atoms with E-state index in [2.05, 4.69) is 25.7 Å². The number of hydrogen-bond acceptors (Lipinski definition) is 3. The van der Waals surface area contributed by atoms with E-state index in [4.69, 9.17) is 10.5 Å². The van der Waals surface area contributed by atoms with Gasteiger partial charge < -0.3 is 15.4 Å². The molecule has 1 heterocycles. The largest absolute Gasteiger partial charge is 0.377 e. The highest BCUT2D eigenvalue weighted by Crippen LogP contribution is 2.21. The Labute approximate surface area is 113 Å². The van der Waals surface area contributed by atoms with Gasteiger partial charge >= 0.3 is 0 Å². The van der Waals surface area contributed by atoms with Crippen LogP contribution in [0.2, 0.25) is 0 Å². The maximum Gasteiger partial charge on any atom is 0.0702 e. The minimum Gasteiger partial charge on any atom is -0.377 e. The van der Waals surface area contributed by atoms with Crippen LogP contribution in [0.1, 0.15) is 52.9 Å². The number of piperidine rings is 1. The number of likely N-dealkylation sites (tertiary alicyclic amines) is 1. The van der Waals surface area contributed by atoms with Gasteiger partial charge in [-0.15, -0.1) is 0 Å². The van der Waals surface area contributed by atoms with Crippen LogP contribution in [0.3, 0.4) is 0 Å². The molecule has 3 nitrogen and oxygen atoms in total. The Hall–Kier alpha value is -0.120. The van der Waals surface area contributed by atoms with Crippen LogP contribution in [0.5, 0.6) is 0 Å². The van der Waals surface area contributed by atoms with Gasteiger partial charge in [0.05, 0.1) is 6.10 Å². The van der Waals surface area contributed by atoms with Gasteiger partial charge in [-0.3, -0.25) is 0 Å². The van der Waals surface area contributed by atoms with Crippen LogP contribution in [0.4, 0.5) is 0 Å². The van der Waals surface area contributed by atoms with Gasteiger partial charge in [-0.05, 0) is 57.2 Å². The molecule has 1 fully saturated rings. The average molecular weight is 256 g/mol.